The number of benzene rings is 1. The SMILES string of the molecule is CC1CN(c2ccc(F)cc2[C@@H](C)O)CC(C)N1C. The lowest BCUT2D eigenvalue weighted by Gasteiger charge is -2.44. The summed E-state index contributed by atoms with van der Waals surface area (Å²) >= 11 is 0. The fourth-order valence-corrected chi connectivity index (χ4v) is 2.75. The van der Waals surface area contributed by atoms with Crippen LogP contribution in [-0.4, -0.2) is 42.2 Å². The summed E-state index contributed by atoms with van der Waals surface area (Å²) in [5.41, 5.74) is 1.62. The first-order valence-electron chi connectivity index (χ1n) is 6.84. The largest absolute Gasteiger partial charge is 0.389 e. The van der Waals surface area contributed by atoms with Crippen molar-refractivity contribution in [1.82, 2.24) is 4.90 Å². The summed E-state index contributed by atoms with van der Waals surface area (Å²) in [6, 6.07) is 5.57. The van der Waals surface area contributed by atoms with Crippen LogP contribution in [0.3, 0.4) is 0 Å². The zero-order chi connectivity index (χ0) is 14.2. The van der Waals surface area contributed by atoms with E-state index in [9.17, 15) is 9.50 Å². The molecule has 0 spiro atoms. The van der Waals surface area contributed by atoms with Gasteiger partial charge in [0.1, 0.15) is 5.82 Å². The third-order valence-electron chi connectivity index (χ3n) is 4.14. The molecule has 0 aliphatic carbocycles. The maximum Gasteiger partial charge on any atom is 0.123 e. The van der Waals surface area contributed by atoms with Gasteiger partial charge in [0.15, 0.2) is 0 Å². The van der Waals surface area contributed by atoms with Gasteiger partial charge < -0.3 is 10.0 Å². The highest BCUT2D eigenvalue weighted by molar-refractivity contribution is 5.55. The Morgan fingerprint density at radius 1 is 1.26 bits per heavy atom. The molecule has 2 rings (SSSR count). The monoisotopic (exact) mass is 266 g/mol. The average molecular weight is 266 g/mol. The summed E-state index contributed by atoms with van der Waals surface area (Å²) in [6.07, 6.45) is -0.657. The molecule has 3 nitrogen and oxygen atoms in total. The molecule has 2 unspecified atom stereocenters. The number of nitrogens with zero attached hydrogens (tertiary/aromatic N) is 2. The molecule has 106 valence electrons. The van der Waals surface area contributed by atoms with E-state index < -0.39 is 6.10 Å². The highest BCUT2D eigenvalue weighted by Gasteiger charge is 2.28. The third-order valence-corrected chi connectivity index (χ3v) is 4.14. The molecule has 1 N–H and O–H groups in total. The first-order valence-corrected chi connectivity index (χ1v) is 6.84. The van der Waals surface area contributed by atoms with E-state index in [0.29, 0.717) is 17.6 Å². The summed E-state index contributed by atoms with van der Waals surface area (Å²) in [6.45, 7) is 7.85. The molecular formula is C15H23FN2O. The second-order valence-corrected chi connectivity index (χ2v) is 5.65. The van der Waals surface area contributed by atoms with E-state index in [-0.39, 0.29) is 5.82 Å². The summed E-state index contributed by atoms with van der Waals surface area (Å²) in [5, 5.41) is 9.84. The molecule has 0 radical (unpaired) electrons. The van der Waals surface area contributed by atoms with Gasteiger partial charge in [-0.1, -0.05) is 0 Å². The number of aliphatic hydroxyl groups is 1. The Kier molecular flexibility index (Phi) is 4.11. The molecule has 1 heterocycles. The molecule has 1 aromatic rings. The normalized spacial score (nSPS) is 26.5. The minimum Gasteiger partial charge on any atom is -0.389 e. The summed E-state index contributed by atoms with van der Waals surface area (Å²) in [5.74, 6) is -0.296. The van der Waals surface area contributed by atoms with Crippen LogP contribution in [-0.2, 0) is 0 Å². The number of hydrogen-bond donors (Lipinski definition) is 1. The van der Waals surface area contributed by atoms with Crippen molar-refractivity contribution in [2.75, 3.05) is 25.0 Å². The van der Waals surface area contributed by atoms with Gasteiger partial charge in [-0.3, -0.25) is 4.90 Å². The van der Waals surface area contributed by atoms with Gasteiger partial charge in [-0.15, -0.1) is 0 Å². The third kappa shape index (κ3) is 2.90. The van der Waals surface area contributed by atoms with Gasteiger partial charge in [0, 0.05) is 36.4 Å². The quantitative estimate of drug-likeness (QED) is 0.890. The van der Waals surface area contributed by atoms with Crippen LogP contribution in [0, 0.1) is 5.82 Å². The molecule has 0 amide bonds. The van der Waals surface area contributed by atoms with E-state index in [2.05, 4.69) is 30.7 Å². The van der Waals surface area contributed by atoms with Crippen molar-refractivity contribution in [3.8, 4) is 0 Å². The van der Waals surface area contributed by atoms with Crippen molar-refractivity contribution in [3.63, 3.8) is 0 Å². The maximum atomic E-state index is 13.4. The lowest BCUT2D eigenvalue weighted by atomic mass is 10.0. The first-order chi connectivity index (χ1) is 8.90. The van der Waals surface area contributed by atoms with Crippen molar-refractivity contribution in [2.45, 2.75) is 39.0 Å². The topological polar surface area (TPSA) is 26.7 Å². The highest BCUT2D eigenvalue weighted by Crippen LogP contribution is 2.29. The lowest BCUT2D eigenvalue weighted by molar-refractivity contribution is 0.168. The van der Waals surface area contributed by atoms with Gasteiger partial charge in [-0.05, 0) is 46.0 Å². The molecular weight excluding hydrogens is 243 g/mol. The Morgan fingerprint density at radius 3 is 2.37 bits per heavy atom. The second kappa shape index (κ2) is 5.47. The van der Waals surface area contributed by atoms with Crippen LogP contribution in [0.4, 0.5) is 10.1 Å². The standard InChI is InChI=1S/C15H23FN2O/c1-10-8-18(9-11(2)17(10)4)15-6-5-13(16)7-14(15)12(3)19/h5-7,10-12,19H,8-9H2,1-4H3/t10?,11?,12-/m1/s1. The molecule has 1 aliphatic heterocycles. The van der Waals surface area contributed by atoms with Crippen molar-refractivity contribution in [3.05, 3.63) is 29.6 Å². The first kappa shape index (κ1) is 14.3. The Balaban J connectivity index is 2.31. The fourth-order valence-electron chi connectivity index (χ4n) is 2.75. The number of hydrogen-bond acceptors (Lipinski definition) is 3. The summed E-state index contributed by atoms with van der Waals surface area (Å²) in [4.78, 5) is 4.60. The van der Waals surface area contributed by atoms with Crippen molar-refractivity contribution in [2.24, 2.45) is 0 Å². The van der Waals surface area contributed by atoms with Crippen LogP contribution in [0.2, 0.25) is 0 Å². The summed E-state index contributed by atoms with van der Waals surface area (Å²) in [7, 11) is 2.13. The molecule has 1 fully saturated rings. The Hall–Kier alpha value is -1.13. The molecule has 3 atom stereocenters. The fraction of sp³-hybridized carbons (Fsp3) is 0.600. The van der Waals surface area contributed by atoms with E-state index in [1.54, 1.807) is 13.0 Å². The zero-order valence-corrected chi connectivity index (χ0v) is 12.1. The number of likely N-dealkylation sites (N-methyl/N-ethyl adjacent to an activating group) is 1. The highest BCUT2D eigenvalue weighted by atomic mass is 19.1. The van der Waals surface area contributed by atoms with Crippen LogP contribution in [0.15, 0.2) is 18.2 Å². The van der Waals surface area contributed by atoms with Gasteiger partial charge >= 0.3 is 0 Å². The van der Waals surface area contributed by atoms with E-state index in [0.717, 1.165) is 18.8 Å². The number of aliphatic hydroxyl groups excluding tert-OH is 1. The lowest BCUT2D eigenvalue weighted by Crippen LogP contribution is -2.55. The molecule has 19 heavy (non-hydrogen) atoms. The molecule has 1 aromatic carbocycles. The van der Waals surface area contributed by atoms with E-state index in [1.165, 1.54) is 12.1 Å². The predicted octanol–water partition coefficient (Wildman–Crippen LogP) is 2.41. The molecule has 4 heteroatoms. The molecule has 1 aliphatic rings. The smallest absolute Gasteiger partial charge is 0.123 e. The molecule has 0 saturated carbocycles. The predicted molar refractivity (Wildman–Crippen MR) is 75.9 cm³/mol. The van der Waals surface area contributed by atoms with Gasteiger partial charge in [0.25, 0.3) is 0 Å². The second-order valence-electron chi connectivity index (χ2n) is 5.65. The number of rotatable bonds is 2. The van der Waals surface area contributed by atoms with Gasteiger partial charge in [-0.25, -0.2) is 4.39 Å². The molecule has 0 bridgehead atoms. The van der Waals surface area contributed by atoms with Crippen LogP contribution < -0.4 is 4.90 Å². The van der Waals surface area contributed by atoms with Crippen LogP contribution in [0.5, 0.6) is 0 Å². The average Bonchev–Trinajstić information content (AvgIpc) is 2.35. The maximum absolute atomic E-state index is 13.4. The minimum absolute atomic E-state index is 0.296. The van der Waals surface area contributed by atoms with E-state index in [4.69, 9.17) is 0 Å². The van der Waals surface area contributed by atoms with Crippen LogP contribution in [0.25, 0.3) is 0 Å². The Morgan fingerprint density at radius 2 is 1.84 bits per heavy atom. The van der Waals surface area contributed by atoms with Gasteiger partial charge in [0.05, 0.1) is 6.10 Å². The Bertz CT molecular complexity index is 438. The van der Waals surface area contributed by atoms with Gasteiger partial charge in [-0.2, -0.15) is 0 Å². The van der Waals surface area contributed by atoms with Crippen molar-refractivity contribution >= 4 is 5.69 Å². The number of anilines is 1. The molecule has 1 saturated heterocycles. The summed E-state index contributed by atoms with van der Waals surface area (Å²) < 4.78 is 13.4. The molecule has 0 aromatic heterocycles. The number of halogens is 1. The van der Waals surface area contributed by atoms with Gasteiger partial charge in [0.2, 0.25) is 0 Å². The van der Waals surface area contributed by atoms with Crippen molar-refractivity contribution < 1.29 is 9.50 Å². The Labute approximate surface area is 114 Å². The van der Waals surface area contributed by atoms with Crippen molar-refractivity contribution in [1.29, 1.82) is 0 Å². The number of piperazine rings is 1. The van der Waals surface area contributed by atoms with Crippen LogP contribution >= 0.6 is 0 Å². The zero-order valence-electron chi connectivity index (χ0n) is 12.1. The van der Waals surface area contributed by atoms with Crippen LogP contribution in [0.1, 0.15) is 32.4 Å². The van der Waals surface area contributed by atoms with E-state index >= 15 is 0 Å². The minimum atomic E-state index is -0.657. The van der Waals surface area contributed by atoms with E-state index in [1.807, 2.05) is 0 Å².